The molecule has 1 N–H and O–H groups in total. The van der Waals surface area contributed by atoms with E-state index in [-0.39, 0.29) is 11.7 Å². The second kappa shape index (κ2) is 8.61. The average Bonchev–Trinajstić information content (AvgIpc) is 2.77. The number of fused-ring (bicyclic) bond motifs is 3. The number of carbonyl (C=O) groups is 1. The highest BCUT2D eigenvalue weighted by Gasteiger charge is 2.30. The van der Waals surface area contributed by atoms with E-state index in [4.69, 9.17) is 9.47 Å². The lowest BCUT2D eigenvalue weighted by molar-refractivity contribution is 0.0964. The van der Waals surface area contributed by atoms with Crippen LogP contribution in [0.15, 0.2) is 34.0 Å². The van der Waals surface area contributed by atoms with E-state index in [9.17, 15) is 14.4 Å². The first kappa shape index (κ1) is 21.8. The van der Waals surface area contributed by atoms with Crippen molar-refractivity contribution in [3.8, 4) is 11.5 Å². The Bertz CT molecular complexity index is 1310. The van der Waals surface area contributed by atoms with Gasteiger partial charge in [-0.1, -0.05) is 19.9 Å². The normalized spacial score (nSPS) is 15.8. The van der Waals surface area contributed by atoms with Crippen LogP contribution < -0.4 is 20.7 Å². The molecule has 3 aromatic rings. The summed E-state index contributed by atoms with van der Waals surface area (Å²) < 4.78 is 12.2. The topological polar surface area (TPSA) is 103 Å². The van der Waals surface area contributed by atoms with Crippen LogP contribution in [-0.2, 0) is 13.0 Å². The summed E-state index contributed by atoms with van der Waals surface area (Å²) in [6.45, 7) is 4.59. The number of ether oxygens (including phenoxy) is 2. The monoisotopic (exact) mass is 437 g/mol. The van der Waals surface area contributed by atoms with Gasteiger partial charge < -0.3 is 9.47 Å². The summed E-state index contributed by atoms with van der Waals surface area (Å²) in [5.74, 6) is 1.38. The summed E-state index contributed by atoms with van der Waals surface area (Å²) >= 11 is 0. The Hall–Kier alpha value is -3.42. The van der Waals surface area contributed by atoms with Gasteiger partial charge in [-0.15, -0.1) is 0 Å². The maximum Gasteiger partial charge on any atom is 0.329 e. The van der Waals surface area contributed by atoms with Crippen LogP contribution in [0.2, 0.25) is 0 Å². The molecule has 0 spiro atoms. The number of aryl methyl sites for hydroxylation is 1. The molecule has 0 aliphatic heterocycles. The van der Waals surface area contributed by atoms with Gasteiger partial charge in [0.2, 0.25) is 0 Å². The molecule has 0 fully saturated rings. The molecule has 8 heteroatoms. The van der Waals surface area contributed by atoms with Crippen molar-refractivity contribution in [3.63, 3.8) is 0 Å². The third-order valence-corrected chi connectivity index (χ3v) is 6.11. The van der Waals surface area contributed by atoms with E-state index in [1.165, 1.54) is 10.8 Å². The van der Waals surface area contributed by atoms with Crippen molar-refractivity contribution >= 4 is 16.8 Å². The number of hydrogen-bond acceptors (Lipinski definition) is 6. The summed E-state index contributed by atoms with van der Waals surface area (Å²) in [5, 5.41) is 0.324. The SMILES string of the molecule is COc1ccc([C@@H]2CC(=O)c3cnc4c(c3C2)c(=O)[nH]c(=O)n4CCC(C)C)cc1OC. The number of rotatable bonds is 6. The van der Waals surface area contributed by atoms with E-state index in [1.807, 2.05) is 18.2 Å². The molecule has 2 aromatic heterocycles. The Balaban J connectivity index is 1.84. The van der Waals surface area contributed by atoms with Gasteiger partial charge in [0.25, 0.3) is 5.56 Å². The molecule has 2 heterocycles. The highest BCUT2D eigenvalue weighted by molar-refractivity contribution is 6.02. The van der Waals surface area contributed by atoms with E-state index in [1.54, 1.807) is 14.2 Å². The average molecular weight is 437 g/mol. The van der Waals surface area contributed by atoms with Gasteiger partial charge in [-0.2, -0.15) is 0 Å². The third-order valence-electron chi connectivity index (χ3n) is 6.11. The Kier molecular flexibility index (Phi) is 5.86. The molecule has 0 bridgehead atoms. The lowest BCUT2D eigenvalue weighted by Crippen LogP contribution is -2.33. The van der Waals surface area contributed by atoms with E-state index in [0.717, 1.165) is 12.0 Å². The first-order valence-electron chi connectivity index (χ1n) is 10.7. The Morgan fingerprint density at radius 1 is 1.12 bits per heavy atom. The molecule has 4 rings (SSSR count). The van der Waals surface area contributed by atoms with Gasteiger partial charge in [0.15, 0.2) is 17.3 Å². The number of benzene rings is 1. The fourth-order valence-electron chi connectivity index (χ4n) is 4.35. The second-order valence-electron chi connectivity index (χ2n) is 8.59. The summed E-state index contributed by atoms with van der Waals surface area (Å²) in [6, 6.07) is 5.60. The molecule has 0 amide bonds. The summed E-state index contributed by atoms with van der Waals surface area (Å²) in [6.07, 6.45) is 3.07. The van der Waals surface area contributed by atoms with Crippen LogP contribution >= 0.6 is 0 Å². The quantitative estimate of drug-likeness (QED) is 0.636. The van der Waals surface area contributed by atoms with E-state index < -0.39 is 11.2 Å². The molecule has 0 radical (unpaired) electrons. The van der Waals surface area contributed by atoms with Crippen LogP contribution in [0.25, 0.3) is 11.0 Å². The number of nitrogens with one attached hydrogen (secondary N) is 1. The van der Waals surface area contributed by atoms with Crippen molar-refractivity contribution in [3.05, 3.63) is 61.9 Å². The number of pyridine rings is 1. The molecule has 1 atom stereocenters. The minimum Gasteiger partial charge on any atom is -0.493 e. The number of nitrogens with zero attached hydrogens (tertiary/aromatic N) is 2. The Morgan fingerprint density at radius 3 is 2.56 bits per heavy atom. The zero-order chi connectivity index (χ0) is 23.0. The highest BCUT2D eigenvalue weighted by atomic mass is 16.5. The van der Waals surface area contributed by atoms with E-state index in [2.05, 4.69) is 23.8 Å². The highest BCUT2D eigenvalue weighted by Crippen LogP contribution is 2.38. The molecular weight excluding hydrogens is 410 g/mol. The molecule has 8 nitrogen and oxygen atoms in total. The number of hydrogen-bond donors (Lipinski definition) is 1. The van der Waals surface area contributed by atoms with Crippen molar-refractivity contribution in [1.82, 2.24) is 14.5 Å². The predicted octanol–water partition coefficient (Wildman–Crippen LogP) is 3.06. The molecule has 1 aliphatic carbocycles. The van der Waals surface area contributed by atoms with Crippen LogP contribution in [0.1, 0.15) is 54.1 Å². The van der Waals surface area contributed by atoms with Crippen molar-refractivity contribution in [1.29, 1.82) is 0 Å². The van der Waals surface area contributed by atoms with Crippen molar-refractivity contribution in [2.45, 2.75) is 45.6 Å². The smallest absolute Gasteiger partial charge is 0.329 e. The summed E-state index contributed by atoms with van der Waals surface area (Å²) in [7, 11) is 3.14. The lowest BCUT2D eigenvalue weighted by Gasteiger charge is -2.25. The van der Waals surface area contributed by atoms with Gasteiger partial charge in [-0.25, -0.2) is 9.78 Å². The van der Waals surface area contributed by atoms with E-state index >= 15 is 0 Å². The number of methoxy groups -OCH3 is 2. The van der Waals surface area contributed by atoms with E-state index in [0.29, 0.717) is 59.0 Å². The summed E-state index contributed by atoms with van der Waals surface area (Å²) in [5.41, 5.74) is 1.37. The number of Topliss-reactive ketones (excluding diaryl/α,β-unsaturated/α-hetero) is 1. The number of H-pyrrole nitrogens is 1. The Labute approximate surface area is 185 Å². The number of ketones is 1. The number of aromatic amines is 1. The van der Waals surface area contributed by atoms with Crippen LogP contribution in [0.4, 0.5) is 0 Å². The largest absolute Gasteiger partial charge is 0.493 e. The molecule has 0 saturated carbocycles. The molecule has 32 heavy (non-hydrogen) atoms. The van der Waals surface area contributed by atoms with Crippen LogP contribution in [0.5, 0.6) is 11.5 Å². The van der Waals surface area contributed by atoms with Gasteiger partial charge in [0.05, 0.1) is 19.6 Å². The van der Waals surface area contributed by atoms with Gasteiger partial charge in [-0.05, 0) is 47.9 Å². The van der Waals surface area contributed by atoms with Crippen LogP contribution in [-0.4, -0.2) is 34.5 Å². The zero-order valence-corrected chi connectivity index (χ0v) is 18.7. The fourth-order valence-corrected chi connectivity index (χ4v) is 4.35. The first-order valence-corrected chi connectivity index (χ1v) is 10.7. The lowest BCUT2D eigenvalue weighted by atomic mass is 9.79. The van der Waals surface area contributed by atoms with Gasteiger partial charge in [0, 0.05) is 24.7 Å². The summed E-state index contributed by atoms with van der Waals surface area (Å²) in [4.78, 5) is 45.1. The van der Waals surface area contributed by atoms with Crippen LogP contribution in [0.3, 0.4) is 0 Å². The molecular formula is C24H27N3O5. The first-order chi connectivity index (χ1) is 15.3. The number of aromatic nitrogens is 3. The zero-order valence-electron chi connectivity index (χ0n) is 18.7. The molecule has 168 valence electrons. The standard InChI is InChI=1S/C24H27N3O5/c1-13(2)7-8-27-22-21(23(29)26-24(27)30)16-9-15(10-18(28)17(16)12-25-22)14-5-6-19(31-3)20(11-14)32-4/h5-6,11-13,15H,7-10H2,1-4H3,(H,26,29,30)/t15-/m0/s1. The minimum absolute atomic E-state index is 0.0697. The molecule has 0 unspecified atom stereocenters. The van der Waals surface area contributed by atoms with Crippen molar-refractivity contribution in [2.24, 2.45) is 5.92 Å². The second-order valence-corrected chi connectivity index (χ2v) is 8.59. The maximum atomic E-state index is 13.0. The molecule has 0 saturated heterocycles. The van der Waals surface area contributed by atoms with Gasteiger partial charge in [0.1, 0.15) is 5.65 Å². The predicted molar refractivity (Wildman–Crippen MR) is 121 cm³/mol. The number of carbonyl (C=O) groups excluding carboxylic acids is 1. The fraction of sp³-hybridized carbons (Fsp3) is 0.417. The van der Waals surface area contributed by atoms with Crippen LogP contribution in [0, 0.1) is 5.92 Å². The molecule has 1 aromatic carbocycles. The van der Waals surface area contributed by atoms with Crippen molar-refractivity contribution in [2.75, 3.05) is 14.2 Å². The van der Waals surface area contributed by atoms with Crippen molar-refractivity contribution < 1.29 is 14.3 Å². The molecule has 1 aliphatic rings. The van der Waals surface area contributed by atoms with Gasteiger partial charge in [-0.3, -0.25) is 19.1 Å². The maximum absolute atomic E-state index is 13.0. The Morgan fingerprint density at radius 2 is 1.88 bits per heavy atom. The minimum atomic E-state index is -0.504. The van der Waals surface area contributed by atoms with Gasteiger partial charge >= 0.3 is 5.69 Å². The third kappa shape index (κ3) is 3.81.